The van der Waals surface area contributed by atoms with Crippen molar-refractivity contribution < 1.29 is 13.9 Å². The van der Waals surface area contributed by atoms with Crippen LogP contribution in [0.25, 0.3) is 0 Å². The minimum Gasteiger partial charge on any atom is -0.467 e. The molecule has 0 spiro atoms. The second kappa shape index (κ2) is 7.25. The number of thiazole rings is 1. The number of carbonyl (C=O) groups excluding carboxylic acids is 1. The van der Waals surface area contributed by atoms with Gasteiger partial charge in [-0.3, -0.25) is 9.69 Å². The Morgan fingerprint density at radius 1 is 1.57 bits per heavy atom. The summed E-state index contributed by atoms with van der Waals surface area (Å²) in [4.78, 5) is 20.7. The third kappa shape index (κ3) is 4.19. The summed E-state index contributed by atoms with van der Waals surface area (Å²) in [7, 11) is 1.80. The van der Waals surface area contributed by atoms with E-state index < -0.39 is 0 Å². The maximum Gasteiger partial charge on any atom is 0.236 e. The molecule has 2 aromatic rings. The molecule has 0 aromatic carbocycles. The van der Waals surface area contributed by atoms with Gasteiger partial charge in [0.25, 0.3) is 0 Å². The number of ether oxygens (including phenoxy) is 1. The first-order valence-corrected chi connectivity index (χ1v) is 8.52. The van der Waals surface area contributed by atoms with E-state index in [1.54, 1.807) is 29.5 Å². The van der Waals surface area contributed by atoms with Crippen LogP contribution in [0.5, 0.6) is 0 Å². The number of nitrogens with zero attached hydrogens (tertiary/aromatic N) is 3. The maximum absolute atomic E-state index is 12.4. The predicted octanol–water partition coefficient (Wildman–Crippen LogP) is 2.08. The Morgan fingerprint density at radius 3 is 3.13 bits per heavy atom. The summed E-state index contributed by atoms with van der Waals surface area (Å²) in [6, 6.07) is 3.70. The summed E-state index contributed by atoms with van der Waals surface area (Å²) in [5, 5.41) is 3.02. The Kier molecular flexibility index (Phi) is 5.09. The number of likely N-dealkylation sites (N-methyl/N-ethyl adjacent to an activating group) is 1. The predicted molar refractivity (Wildman–Crippen MR) is 87.2 cm³/mol. The van der Waals surface area contributed by atoms with Gasteiger partial charge in [-0.15, -0.1) is 11.3 Å². The van der Waals surface area contributed by atoms with E-state index in [0.29, 0.717) is 26.2 Å². The van der Waals surface area contributed by atoms with Gasteiger partial charge in [-0.05, 0) is 19.1 Å². The van der Waals surface area contributed by atoms with Gasteiger partial charge in [-0.2, -0.15) is 0 Å². The Balaban J connectivity index is 1.53. The zero-order chi connectivity index (χ0) is 16.2. The lowest BCUT2D eigenvalue weighted by atomic mass is 10.2. The number of amides is 1. The van der Waals surface area contributed by atoms with E-state index in [4.69, 9.17) is 9.15 Å². The number of carbonyl (C=O) groups is 1. The van der Waals surface area contributed by atoms with Crippen molar-refractivity contribution in [1.82, 2.24) is 14.8 Å². The molecule has 1 atom stereocenters. The Hall–Kier alpha value is -1.70. The van der Waals surface area contributed by atoms with Crippen LogP contribution in [0.15, 0.2) is 28.2 Å². The van der Waals surface area contributed by atoms with Crippen LogP contribution < -0.4 is 0 Å². The molecule has 1 fully saturated rings. The van der Waals surface area contributed by atoms with Gasteiger partial charge < -0.3 is 14.1 Å². The van der Waals surface area contributed by atoms with Crippen molar-refractivity contribution in [3.8, 4) is 0 Å². The fourth-order valence-electron chi connectivity index (χ4n) is 2.55. The Morgan fingerprint density at radius 2 is 2.43 bits per heavy atom. The summed E-state index contributed by atoms with van der Waals surface area (Å²) in [6.45, 7) is 4.95. The Labute approximate surface area is 139 Å². The molecule has 1 aliphatic heterocycles. The number of hydrogen-bond acceptors (Lipinski definition) is 6. The molecule has 1 saturated heterocycles. The first-order chi connectivity index (χ1) is 11.1. The molecule has 7 heteroatoms. The highest BCUT2D eigenvalue weighted by Crippen LogP contribution is 2.25. The minimum absolute atomic E-state index is 0.0365. The molecule has 1 amide bonds. The molecular weight excluding hydrogens is 314 g/mol. The van der Waals surface area contributed by atoms with Gasteiger partial charge in [0.2, 0.25) is 5.91 Å². The van der Waals surface area contributed by atoms with Gasteiger partial charge in [0.15, 0.2) is 0 Å². The van der Waals surface area contributed by atoms with Gasteiger partial charge in [-0.25, -0.2) is 4.98 Å². The molecule has 0 saturated carbocycles. The summed E-state index contributed by atoms with van der Waals surface area (Å²) in [5.41, 5.74) is 1.01. The van der Waals surface area contributed by atoms with Crippen molar-refractivity contribution in [2.75, 3.05) is 33.3 Å². The molecule has 0 aliphatic carbocycles. The molecule has 23 heavy (non-hydrogen) atoms. The molecule has 2 aromatic heterocycles. The van der Waals surface area contributed by atoms with E-state index in [9.17, 15) is 4.79 Å². The van der Waals surface area contributed by atoms with E-state index in [-0.39, 0.29) is 12.0 Å². The smallest absolute Gasteiger partial charge is 0.236 e. The first-order valence-electron chi connectivity index (χ1n) is 7.64. The van der Waals surface area contributed by atoms with Gasteiger partial charge in [0.1, 0.15) is 16.9 Å². The normalized spacial score (nSPS) is 19.0. The van der Waals surface area contributed by atoms with Crippen LogP contribution >= 0.6 is 11.3 Å². The first kappa shape index (κ1) is 16.2. The van der Waals surface area contributed by atoms with E-state index in [1.165, 1.54) is 0 Å². The monoisotopic (exact) mass is 335 g/mol. The highest BCUT2D eigenvalue weighted by Gasteiger charge is 2.26. The zero-order valence-corrected chi connectivity index (χ0v) is 14.2. The quantitative estimate of drug-likeness (QED) is 0.837. The summed E-state index contributed by atoms with van der Waals surface area (Å²) >= 11 is 1.62. The topological polar surface area (TPSA) is 58.8 Å². The molecule has 124 valence electrons. The van der Waals surface area contributed by atoms with Crippen LogP contribution in [0.3, 0.4) is 0 Å². The number of aromatic nitrogens is 1. The van der Waals surface area contributed by atoms with Gasteiger partial charge in [0, 0.05) is 31.2 Å². The molecule has 0 N–H and O–H groups in total. The maximum atomic E-state index is 12.4. The molecule has 1 unspecified atom stereocenters. The van der Waals surface area contributed by atoms with Crippen molar-refractivity contribution in [3.05, 3.63) is 40.2 Å². The van der Waals surface area contributed by atoms with Gasteiger partial charge in [0.05, 0.1) is 26.0 Å². The summed E-state index contributed by atoms with van der Waals surface area (Å²) < 4.78 is 11.1. The van der Waals surface area contributed by atoms with Crippen LogP contribution in [0, 0.1) is 6.92 Å². The van der Waals surface area contributed by atoms with E-state index in [1.807, 2.05) is 24.4 Å². The van der Waals surface area contributed by atoms with Crippen molar-refractivity contribution in [1.29, 1.82) is 0 Å². The molecule has 0 radical (unpaired) electrons. The second-order valence-corrected chi connectivity index (χ2v) is 6.64. The van der Waals surface area contributed by atoms with Gasteiger partial charge in [-0.1, -0.05) is 0 Å². The second-order valence-electron chi connectivity index (χ2n) is 5.75. The van der Waals surface area contributed by atoms with E-state index >= 15 is 0 Å². The average Bonchev–Trinajstić information content (AvgIpc) is 3.19. The SMILES string of the molecule is Cc1csc(C2CN(CC(=O)N(C)Cc3ccco3)CCO2)n1. The minimum atomic E-state index is -0.0365. The third-order valence-corrected chi connectivity index (χ3v) is 4.88. The highest BCUT2D eigenvalue weighted by molar-refractivity contribution is 7.09. The summed E-state index contributed by atoms with van der Waals surface area (Å²) in [5.74, 6) is 0.872. The van der Waals surface area contributed by atoms with Crippen LogP contribution in [0.4, 0.5) is 0 Å². The fraction of sp³-hybridized carbons (Fsp3) is 0.500. The molecule has 3 heterocycles. The number of aryl methyl sites for hydroxylation is 1. The molecule has 6 nitrogen and oxygen atoms in total. The van der Waals surface area contributed by atoms with Gasteiger partial charge >= 0.3 is 0 Å². The molecular formula is C16H21N3O3S. The lowest BCUT2D eigenvalue weighted by Gasteiger charge is -2.32. The van der Waals surface area contributed by atoms with Crippen molar-refractivity contribution in [2.45, 2.75) is 19.6 Å². The lowest BCUT2D eigenvalue weighted by molar-refractivity contribution is -0.134. The number of rotatable bonds is 5. The largest absolute Gasteiger partial charge is 0.467 e. The highest BCUT2D eigenvalue weighted by atomic mass is 32.1. The molecule has 3 rings (SSSR count). The van der Waals surface area contributed by atoms with Crippen molar-refractivity contribution in [2.24, 2.45) is 0 Å². The average molecular weight is 335 g/mol. The fourth-order valence-corrected chi connectivity index (χ4v) is 3.39. The van der Waals surface area contributed by atoms with Crippen molar-refractivity contribution >= 4 is 17.2 Å². The van der Waals surface area contributed by atoms with Crippen LogP contribution in [0.1, 0.15) is 22.6 Å². The third-order valence-electron chi connectivity index (χ3n) is 3.82. The number of furan rings is 1. The van der Waals surface area contributed by atoms with Crippen LogP contribution in [-0.2, 0) is 16.1 Å². The molecule has 1 aliphatic rings. The zero-order valence-electron chi connectivity index (χ0n) is 13.4. The lowest BCUT2D eigenvalue weighted by Crippen LogP contribution is -2.44. The van der Waals surface area contributed by atoms with Crippen molar-refractivity contribution in [3.63, 3.8) is 0 Å². The summed E-state index contributed by atoms with van der Waals surface area (Å²) in [6.07, 6.45) is 1.58. The number of morpholine rings is 1. The Bertz CT molecular complexity index is 641. The van der Waals surface area contributed by atoms with Crippen LogP contribution in [-0.4, -0.2) is 54.0 Å². The standard InChI is InChI=1S/C16H21N3O3S/c1-12-11-23-16(17-12)14-9-19(5-7-22-14)10-15(20)18(2)8-13-4-3-6-21-13/h3-4,6,11,14H,5,7-10H2,1-2H3. The van der Waals surface area contributed by atoms with Crippen LogP contribution in [0.2, 0.25) is 0 Å². The molecule has 0 bridgehead atoms. The van der Waals surface area contributed by atoms with E-state index in [2.05, 4.69) is 9.88 Å². The number of hydrogen-bond donors (Lipinski definition) is 0. The van der Waals surface area contributed by atoms with E-state index in [0.717, 1.165) is 23.0 Å².